The first-order valence-electron chi connectivity index (χ1n) is 4.57. The fourth-order valence-corrected chi connectivity index (χ4v) is 3.02. The number of nitrogens with zero attached hydrogens (tertiary/aromatic N) is 1. The molecule has 2 rings (SSSR count). The Morgan fingerprint density at radius 2 is 2.47 bits per heavy atom. The second-order valence-electron chi connectivity index (χ2n) is 3.02. The summed E-state index contributed by atoms with van der Waals surface area (Å²) in [5.41, 5.74) is 0. The molecule has 1 aliphatic heterocycles. The van der Waals surface area contributed by atoms with Gasteiger partial charge in [0.2, 0.25) is 0 Å². The fourth-order valence-electron chi connectivity index (χ4n) is 1.37. The van der Waals surface area contributed by atoms with Crippen LogP contribution in [-0.2, 0) is 4.79 Å². The van der Waals surface area contributed by atoms with Gasteiger partial charge in [0.05, 0.1) is 4.88 Å². The maximum atomic E-state index is 11.6. The Morgan fingerprint density at radius 3 is 3.07 bits per heavy atom. The molecule has 1 saturated heterocycles. The van der Waals surface area contributed by atoms with Crippen molar-refractivity contribution in [1.29, 1.82) is 0 Å². The van der Waals surface area contributed by atoms with Crippen LogP contribution in [-0.4, -0.2) is 18.4 Å². The minimum Gasteiger partial charge on any atom is -0.340 e. The molecule has 1 aromatic rings. The third kappa shape index (κ3) is 2.05. The van der Waals surface area contributed by atoms with E-state index >= 15 is 0 Å². The van der Waals surface area contributed by atoms with E-state index < -0.39 is 0 Å². The third-order valence-electron chi connectivity index (χ3n) is 2.01. The van der Waals surface area contributed by atoms with Crippen LogP contribution in [0.15, 0.2) is 20.9 Å². The summed E-state index contributed by atoms with van der Waals surface area (Å²) in [6.07, 6.45) is 0. The molecule has 0 radical (unpaired) electrons. The molecule has 1 aliphatic rings. The lowest BCUT2D eigenvalue weighted by Gasteiger charge is -2.05. The van der Waals surface area contributed by atoms with Crippen molar-refractivity contribution in [2.45, 2.75) is 13.0 Å². The summed E-state index contributed by atoms with van der Waals surface area (Å²) in [6.45, 7) is 2.58. The van der Waals surface area contributed by atoms with Crippen molar-refractivity contribution in [3.05, 3.63) is 20.8 Å². The predicted molar refractivity (Wildman–Crippen MR) is 64.0 cm³/mol. The van der Waals surface area contributed by atoms with Crippen molar-refractivity contribution in [1.82, 2.24) is 10.6 Å². The molecule has 80 valence electrons. The van der Waals surface area contributed by atoms with Crippen LogP contribution in [0.4, 0.5) is 0 Å². The van der Waals surface area contributed by atoms with E-state index in [9.17, 15) is 4.79 Å². The third-order valence-corrected chi connectivity index (χ3v) is 3.94. The normalized spacial score (nSPS) is 22.9. The Morgan fingerprint density at radius 1 is 1.67 bits per heavy atom. The zero-order chi connectivity index (χ0) is 10.8. The van der Waals surface area contributed by atoms with E-state index in [0.29, 0.717) is 12.5 Å². The summed E-state index contributed by atoms with van der Waals surface area (Å²) in [4.78, 5) is 16.7. The molecule has 1 atom stereocenters. The van der Waals surface area contributed by atoms with Gasteiger partial charge in [0, 0.05) is 11.0 Å². The summed E-state index contributed by atoms with van der Waals surface area (Å²) < 4.78 is 0.956. The quantitative estimate of drug-likeness (QED) is 0.869. The summed E-state index contributed by atoms with van der Waals surface area (Å²) in [7, 11) is 0. The van der Waals surface area contributed by atoms with Gasteiger partial charge in [0.25, 0.3) is 5.91 Å². The highest BCUT2D eigenvalue weighted by atomic mass is 79.9. The van der Waals surface area contributed by atoms with Gasteiger partial charge in [-0.1, -0.05) is 0 Å². The largest absolute Gasteiger partial charge is 0.340 e. The van der Waals surface area contributed by atoms with Gasteiger partial charge in [-0.05, 0) is 34.3 Å². The van der Waals surface area contributed by atoms with Gasteiger partial charge in [-0.2, -0.15) is 0 Å². The summed E-state index contributed by atoms with van der Waals surface area (Å²) in [6, 6.07) is 1.62. The van der Waals surface area contributed by atoms with E-state index in [1.807, 2.05) is 18.4 Å². The molecule has 2 heterocycles. The smallest absolute Gasteiger partial charge is 0.254 e. The van der Waals surface area contributed by atoms with Crippen molar-refractivity contribution in [2.75, 3.05) is 6.54 Å². The van der Waals surface area contributed by atoms with E-state index in [4.69, 9.17) is 0 Å². The van der Waals surface area contributed by atoms with Crippen LogP contribution < -0.4 is 10.6 Å². The van der Waals surface area contributed by atoms with Gasteiger partial charge in [-0.25, -0.2) is 0 Å². The van der Waals surface area contributed by atoms with Crippen LogP contribution in [0.5, 0.6) is 0 Å². The number of rotatable bonds is 2. The molecule has 0 aliphatic carbocycles. The Hall–Kier alpha value is -0.880. The molecular formula is C9H10BrN3OS. The molecule has 1 fully saturated rings. The van der Waals surface area contributed by atoms with Gasteiger partial charge in [-0.3, -0.25) is 15.1 Å². The van der Waals surface area contributed by atoms with Crippen LogP contribution in [0.25, 0.3) is 0 Å². The average Bonchev–Trinajstić information content (AvgIpc) is 2.73. The van der Waals surface area contributed by atoms with Crippen LogP contribution >= 0.6 is 27.3 Å². The minimum absolute atomic E-state index is 0.0506. The molecule has 6 heteroatoms. The van der Waals surface area contributed by atoms with Crippen molar-refractivity contribution in [3.63, 3.8) is 0 Å². The number of amides is 1. The Bertz CT molecular complexity index is 415. The monoisotopic (exact) mass is 287 g/mol. The summed E-state index contributed by atoms with van der Waals surface area (Å²) in [5, 5.41) is 7.71. The number of carbonyl (C=O) groups is 1. The predicted octanol–water partition coefficient (Wildman–Crippen LogP) is 1.65. The molecule has 0 spiro atoms. The highest BCUT2D eigenvalue weighted by molar-refractivity contribution is 9.10. The highest BCUT2D eigenvalue weighted by Gasteiger charge is 2.31. The van der Waals surface area contributed by atoms with Crippen molar-refractivity contribution in [2.24, 2.45) is 4.99 Å². The van der Waals surface area contributed by atoms with E-state index in [-0.39, 0.29) is 11.9 Å². The molecular weight excluding hydrogens is 278 g/mol. The zero-order valence-electron chi connectivity index (χ0n) is 8.08. The Labute approximate surface area is 99.9 Å². The number of hydrogen-bond acceptors (Lipinski definition) is 3. The SMILES string of the molecule is CCN=C1NC(=O)C(c2sccc2Br)N1. The van der Waals surface area contributed by atoms with Crippen molar-refractivity contribution >= 4 is 39.1 Å². The molecule has 15 heavy (non-hydrogen) atoms. The number of hydrogen-bond donors (Lipinski definition) is 2. The molecule has 1 aromatic heterocycles. The average molecular weight is 288 g/mol. The second-order valence-corrected chi connectivity index (χ2v) is 4.82. The van der Waals surface area contributed by atoms with E-state index in [2.05, 4.69) is 31.6 Å². The van der Waals surface area contributed by atoms with E-state index in [1.165, 1.54) is 0 Å². The van der Waals surface area contributed by atoms with Crippen molar-refractivity contribution < 1.29 is 4.79 Å². The first kappa shape index (κ1) is 10.6. The Kier molecular flexibility index (Phi) is 3.06. The maximum absolute atomic E-state index is 11.6. The molecule has 2 N–H and O–H groups in total. The molecule has 4 nitrogen and oxygen atoms in total. The van der Waals surface area contributed by atoms with Gasteiger partial charge in [0.15, 0.2) is 5.96 Å². The number of halogens is 1. The summed E-state index contributed by atoms with van der Waals surface area (Å²) in [5.74, 6) is 0.512. The zero-order valence-corrected chi connectivity index (χ0v) is 10.5. The molecule has 1 amide bonds. The highest BCUT2D eigenvalue weighted by Crippen LogP contribution is 2.30. The first-order valence-corrected chi connectivity index (χ1v) is 6.24. The lowest BCUT2D eigenvalue weighted by Crippen LogP contribution is -2.25. The van der Waals surface area contributed by atoms with E-state index in [1.54, 1.807) is 11.3 Å². The van der Waals surface area contributed by atoms with Crippen LogP contribution in [0.1, 0.15) is 17.8 Å². The number of nitrogens with one attached hydrogen (secondary N) is 2. The first-order chi connectivity index (χ1) is 7.22. The summed E-state index contributed by atoms with van der Waals surface area (Å²) >= 11 is 4.96. The standard InChI is InChI=1S/C9H10BrN3OS/c1-2-11-9-12-6(8(14)13-9)7-5(10)3-4-15-7/h3-4,6H,2H2,1H3,(H2,11,12,13,14). The fraction of sp³-hybridized carbons (Fsp3) is 0.333. The van der Waals surface area contributed by atoms with E-state index in [0.717, 1.165) is 9.35 Å². The van der Waals surface area contributed by atoms with Crippen LogP contribution in [0.2, 0.25) is 0 Å². The minimum atomic E-state index is -0.315. The Balaban J connectivity index is 2.23. The molecule has 0 bridgehead atoms. The molecule has 0 saturated carbocycles. The molecule has 0 aromatic carbocycles. The van der Waals surface area contributed by atoms with Crippen LogP contribution in [0.3, 0.4) is 0 Å². The lowest BCUT2D eigenvalue weighted by atomic mass is 10.2. The lowest BCUT2D eigenvalue weighted by molar-refractivity contribution is -0.120. The van der Waals surface area contributed by atoms with Gasteiger partial charge in [0.1, 0.15) is 6.04 Å². The maximum Gasteiger partial charge on any atom is 0.254 e. The molecule has 1 unspecified atom stereocenters. The number of aliphatic imine (C=N–C) groups is 1. The number of thiophene rings is 1. The number of carbonyl (C=O) groups excluding carboxylic acids is 1. The van der Waals surface area contributed by atoms with Gasteiger partial charge < -0.3 is 5.32 Å². The van der Waals surface area contributed by atoms with Gasteiger partial charge >= 0.3 is 0 Å². The second kappa shape index (κ2) is 4.32. The van der Waals surface area contributed by atoms with Crippen LogP contribution in [0, 0.1) is 0 Å². The van der Waals surface area contributed by atoms with Crippen molar-refractivity contribution in [3.8, 4) is 0 Å². The number of guanidine groups is 1. The topological polar surface area (TPSA) is 53.5 Å². The van der Waals surface area contributed by atoms with Gasteiger partial charge in [-0.15, -0.1) is 11.3 Å².